The minimum atomic E-state index is -3.53. The SMILES string of the molecule is CC(C)(C)c1nn(-c2ccccc2)cc1S(=O)(=O)NC1CC1. The molecule has 0 amide bonds. The molecule has 1 aromatic carbocycles. The van der Waals surface area contributed by atoms with Crippen LogP contribution >= 0.6 is 0 Å². The maximum absolute atomic E-state index is 12.6. The van der Waals surface area contributed by atoms with Crippen molar-refractivity contribution in [3.8, 4) is 5.69 Å². The molecule has 1 heterocycles. The first-order valence-corrected chi connectivity index (χ1v) is 8.93. The molecule has 1 aliphatic carbocycles. The molecule has 3 rings (SSSR count). The smallest absolute Gasteiger partial charge is 0.239 e. The van der Waals surface area contributed by atoms with Gasteiger partial charge in [-0.1, -0.05) is 39.0 Å². The van der Waals surface area contributed by atoms with Crippen LogP contribution < -0.4 is 4.72 Å². The molecule has 5 nitrogen and oxygen atoms in total. The van der Waals surface area contributed by atoms with Crippen molar-refractivity contribution >= 4 is 10.0 Å². The highest BCUT2D eigenvalue weighted by molar-refractivity contribution is 7.89. The molecule has 0 aliphatic heterocycles. The van der Waals surface area contributed by atoms with Crippen molar-refractivity contribution in [3.63, 3.8) is 0 Å². The topological polar surface area (TPSA) is 64.0 Å². The third-order valence-electron chi connectivity index (χ3n) is 3.60. The number of hydrogen-bond acceptors (Lipinski definition) is 3. The number of aromatic nitrogens is 2. The first-order chi connectivity index (χ1) is 10.3. The van der Waals surface area contributed by atoms with Gasteiger partial charge >= 0.3 is 0 Å². The normalized spacial score (nSPS) is 16.0. The van der Waals surface area contributed by atoms with E-state index in [1.807, 2.05) is 51.1 Å². The summed E-state index contributed by atoms with van der Waals surface area (Å²) in [7, 11) is -3.53. The lowest BCUT2D eigenvalue weighted by Gasteiger charge is -2.17. The van der Waals surface area contributed by atoms with Gasteiger partial charge in [-0.2, -0.15) is 5.10 Å². The molecule has 0 radical (unpaired) electrons. The molecule has 2 aromatic rings. The van der Waals surface area contributed by atoms with Crippen molar-refractivity contribution in [2.75, 3.05) is 0 Å². The third kappa shape index (κ3) is 3.08. The number of hydrogen-bond donors (Lipinski definition) is 1. The fourth-order valence-corrected chi connectivity index (χ4v) is 3.91. The maximum atomic E-state index is 12.6. The van der Waals surface area contributed by atoms with Crippen molar-refractivity contribution in [1.82, 2.24) is 14.5 Å². The lowest BCUT2D eigenvalue weighted by molar-refractivity contribution is 0.539. The molecule has 1 N–H and O–H groups in total. The zero-order valence-electron chi connectivity index (χ0n) is 13.1. The van der Waals surface area contributed by atoms with E-state index in [2.05, 4.69) is 9.82 Å². The number of nitrogens with zero attached hydrogens (tertiary/aromatic N) is 2. The molecular formula is C16H21N3O2S. The molecule has 1 aliphatic rings. The molecule has 0 unspecified atom stereocenters. The third-order valence-corrected chi connectivity index (χ3v) is 5.12. The molecule has 6 heteroatoms. The second-order valence-corrected chi connectivity index (χ2v) is 8.45. The fourth-order valence-electron chi connectivity index (χ4n) is 2.27. The van der Waals surface area contributed by atoms with Gasteiger partial charge in [-0.05, 0) is 25.0 Å². The van der Waals surface area contributed by atoms with E-state index in [4.69, 9.17) is 0 Å². The molecule has 0 spiro atoms. The van der Waals surface area contributed by atoms with E-state index in [1.165, 1.54) is 0 Å². The largest absolute Gasteiger partial charge is 0.244 e. The Morgan fingerprint density at radius 3 is 2.36 bits per heavy atom. The maximum Gasteiger partial charge on any atom is 0.244 e. The summed E-state index contributed by atoms with van der Waals surface area (Å²) in [5.41, 5.74) is 1.08. The first kappa shape index (κ1) is 15.2. The molecule has 1 aromatic heterocycles. The van der Waals surface area contributed by atoms with Gasteiger partial charge in [0, 0.05) is 11.5 Å². The van der Waals surface area contributed by atoms with Gasteiger partial charge in [-0.25, -0.2) is 17.8 Å². The first-order valence-electron chi connectivity index (χ1n) is 7.45. The molecule has 1 saturated carbocycles. The second kappa shape index (κ2) is 5.21. The molecule has 0 saturated heterocycles. The van der Waals surface area contributed by atoms with E-state index in [0.29, 0.717) is 5.69 Å². The Morgan fingerprint density at radius 2 is 1.82 bits per heavy atom. The van der Waals surface area contributed by atoms with Crippen molar-refractivity contribution in [2.45, 2.75) is 50.0 Å². The van der Waals surface area contributed by atoms with Gasteiger partial charge in [0.05, 0.1) is 17.6 Å². The van der Waals surface area contributed by atoms with E-state index >= 15 is 0 Å². The summed E-state index contributed by atoms with van der Waals surface area (Å²) >= 11 is 0. The minimum Gasteiger partial charge on any atom is -0.239 e. The zero-order chi connectivity index (χ0) is 16.0. The van der Waals surface area contributed by atoms with Gasteiger partial charge in [-0.3, -0.25) is 0 Å². The predicted molar refractivity (Wildman–Crippen MR) is 85.6 cm³/mol. The Labute approximate surface area is 131 Å². The van der Waals surface area contributed by atoms with Crippen LogP contribution in [-0.4, -0.2) is 24.2 Å². The minimum absolute atomic E-state index is 0.0814. The van der Waals surface area contributed by atoms with Gasteiger partial charge in [0.1, 0.15) is 4.90 Å². The average molecular weight is 319 g/mol. The lowest BCUT2D eigenvalue weighted by atomic mass is 9.92. The molecule has 22 heavy (non-hydrogen) atoms. The van der Waals surface area contributed by atoms with Crippen molar-refractivity contribution < 1.29 is 8.42 Å². The molecular weight excluding hydrogens is 298 g/mol. The van der Waals surface area contributed by atoms with Gasteiger partial charge in [0.15, 0.2) is 0 Å². The zero-order valence-corrected chi connectivity index (χ0v) is 13.9. The highest BCUT2D eigenvalue weighted by Crippen LogP contribution is 2.30. The van der Waals surface area contributed by atoms with Crippen molar-refractivity contribution in [2.24, 2.45) is 0 Å². The Kier molecular flexibility index (Phi) is 3.61. The van der Waals surface area contributed by atoms with Crippen LogP contribution in [0.15, 0.2) is 41.4 Å². The number of nitrogens with one attached hydrogen (secondary N) is 1. The number of sulfonamides is 1. The van der Waals surface area contributed by atoms with E-state index in [9.17, 15) is 8.42 Å². The number of para-hydroxylation sites is 1. The summed E-state index contributed by atoms with van der Waals surface area (Å²) in [4.78, 5) is 0.274. The summed E-state index contributed by atoms with van der Waals surface area (Å²) in [6.07, 6.45) is 3.44. The monoisotopic (exact) mass is 319 g/mol. The van der Waals surface area contributed by atoms with E-state index in [-0.39, 0.29) is 16.4 Å². The highest BCUT2D eigenvalue weighted by atomic mass is 32.2. The Morgan fingerprint density at radius 1 is 1.18 bits per heavy atom. The summed E-state index contributed by atoms with van der Waals surface area (Å²) in [6, 6.07) is 9.63. The van der Waals surface area contributed by atoms with Gasteiger partial charge in [0.2, 0.25) is 10.0 Å². The van der Waals surface area contributed by atoms with Gasteiger partial charge in [-0.15, -0.1) is 0 Å². The van der Waals surface area contributed by atoms with Crippen LogP contribution in [0.3, 0.4) is 0 Å². The van der Waals surface area contributed by atoms with Crippen LogP contribution in [0.2, 0.25) is 0 Å². The summed E-state index contributed by atoms with van der Waals surface area (Å²) in [5.74, 6) is 0. The summed E-state index contributed by atoms with van der Waals surface area (Å²) in [6.45, 7) is 5.92. The van der Waals surface area contributed by atoms with Crippen LogP contribution in [0.1, 0.15) is 39.3 Å². The van der Waals surface area contributed by atoms with E-state index in [1.54, 1.807) is 10.9 Å². The van der Waals surface area contributed by atoms with Crippen LogP contribution in [-0.2, 0) is 15.4 Å². The Hall–Kier alpha value is -1.66. The van der Waals surface area contributed by atoms with Gasteiger partial charge in [0.25, 0.3) is 0 Å². The number of benzene rings is 1. The average Bonchev–Trinajstić information content (AvgIpc) is 3.10. The molecule has 0 atom stereocenters. The Bertz CT molecular complexity index is 769. The van der Waals surface area contributed by atoms with Crippen molar-refractivity contribution in [3.05, 3.63) is 42.2 Å². The molecule has 1 fully saturated rings. The lowest BCUT2D eigenvalue weighted by Crippen LogP contribution is -2.28. The molecule has 0 bridgehead atoms. The molecule has 118 valence electrons. The highest BCUT2D eigenvalue weighted by Gasteiger charge is 2.34. The van der Waals surface area contributed by atoms with Gasteiger partial charge < -0.3 is 0 Å². The quantitative estimate of drug-likeness (QED) is 0.942. The summed E-state index contributed by atoms with van der Waals surface area (Å²) in [5, 5.41) is 4.54. The van der Waals surface area contributed by atoms with Crippen molar-refractivity contribution in [1.29, 1.82) is 0 Å². The van der Waals surface area contributed by atoms with Crippen LogP contribution in [0.4, 0.5) is 0 Å². The fraction of sp³-hybridized carbons (Fsp3) is 0.438. The predicted octanol–water partition coefficient (Wildman–Crippen LogP) is 2.61. The van der Waals surface area contributed by atoms with E-state index in [0.717, 1.165) is 18.5 Å². The second-order valence-electron chi connectivity index (χ2n) is 6.77. The Balaban J connectivity index is 2.10. The number of rotatable bonds is 4. The van der Waals surface area contributed by atoms with Crippen LogP contribution in [0.5, 0.6) is 0 Å². The van der Waals surface area contributed by atoms with Crippen LogP contribution in [0.25, 0.3) is 5.69 Å². The van der Waals surface area contributed by atoms with Crippen LogP contribution in [0, 0.1) is 0 Å². The summed E-state index contributed by atoms with van der Waals surface area (Å²) < 4.78 is 29.6. The standard InChI is InChI=1S/C16H21N3O2S/c1-16(2,3)15-14(22(20,21)18-12-9-10-12)11-19(17-15)13-7-5-4-6-8-13/h4-8,11-12,18H,9-10H2,1-3H3. The van der Waals surface area contributed by atoms with E-state index < -0.39 is 10.0 Å².